The van der Waals surface area contributed by atoms with E-state index in [1.165, 1.54) is 4.90 Å². The molecule has 2 aliphatic heterocycles. The molecule has 2 heterocycles. The van der Waals surface area contributed by atoms with E-state index in [0.717, 1.165) is 19.4 Å². The molecule has 0 bridgehead atoms. The molecule has 0 unspecified atom stereocenters. The van der Waals surface area contributed by atoms with Crippen LogP contribution >= 0.6 is 0 Å². The van der Waals surface area contributed by atoms with E-state index in [1.807, 2.05) is 25.1 Å². The van der Waals surface area contributed by atoms with Crippen molar-refractivity contribution in [1.29, 1.82) is 0 Å². The zero-order valence-corrected chi connectivity index (χ0v) is 15.6. The van der Waals surface area contributed by atoms with Crippen molar-refractivity contribution in [3.05, 3.63) is 30.3 Å². The van der Waals surface area contributed by atoms with Gasteiger partial charge in [-0.25, -0.2) is 0 Å². The van der Waals surface area contributed by atoms with Gasteiger partial charge in [-0.1, -0.05) is 25.1 Å². The lowest BCUT2D eigenvalue weighted by Gasteiger charge is -2.34. The van der Waals surface area contributed by atoms with Crippen LogP contribution in [-0.2, 0) is 19.1 Å². The van der Waals surface area contributed by atoms with E-state index in [1.54, 1.807) is 12.1 Å². The van der Waals surface area contributed by atoms with Crippen LogP contribution in [0.4, 0.5) is 5.69 Å². The zero-order valence-electron chi connectivity index (χ0n) is 15.6. The number of carbonyl (C=O) groups is 3. The Labute approximate surface area is 159 Å². The van der Waals surface area contributed by atoms with Gasteiger partial charge in [-0.05, 0) is 37.3 Å². The van der Waals surface area contributed by atoms with Crippen LogP contribution in [0, 0.1) is 29.6 Å². The molecule has 1 aliphatic carbocycles. The Bertz CT molecular complexity index is 729. The lowest BCUT2D eigenvalue weighted by atomic mass is 9.68. The molecule has 4 rings (SSSR count). The molecule has 3 aliphatic rings. The highest BCUT2D eigenvalue weighted by atomic mass is 16.5. The third kappa shape index (κ3) is 3.27. The van der Waals surface area contributed by atoms with E-state index < -0.39 is 17.8 Å². The molecule has 1 aromatic rings. The molecule has 1 aromatic carbocycles. The fourth-order valence-corrected chi connectivity index (χ4v) is 4.78. The van der Waals surface area contributed by atoms with E-state index in [9.17, 15) is 14.4 Å². The average molecular weight is 370 g/mol. The summed E-state index contributed by atoms with van der Waals surface area (Å²) >= 11 is 0. The Morgan fingerprint density at radius 1 is 1.11 bits per heavy atom. The minimum atomic E-state index is -0.554. The van der Waals surface area contributed by atoms with Gasteiger partial charge in [0.05, 0.1) is 30.0 Å². The number of ether oxygens (including phenoxy) is 1. The first-order valence-corrected chi connectivity index (χ1v) is 9.86. The topological polar surface area (TPSA) is 75.7 Å². The first-order chi connectivity index (χ1) is 13.1. The second-order valence-corrected chi connectivity index (χ2v) is 8.03. The predicted molar refractivity (Wildman–Crippen MR) is 99.7 cm³/mol. The molecule has 3 amide bonds. The van der Waals surface area contributed by atoms with E-state index in [-0.39, 0.29) is 23.6 Å². The van der Waals surface area contributed by atoms with E-state index in [4.69, 9.17) is 4.74 Å². The number of hydrogen-bond acceptors (Lipinski definition) is 4. The van der Waals surface area contributed by atoms with Crippen molar-refractivity contribution >= 4 is 23.4 Å². The molecule has 1 N–H and O–H groups in total. The van der Waals surface area contributed by atoms with Crippen LogP contribution in [0.15, 0.2) is 30.3 Å². The number of para-hydroxylation sites is 1. The summed E-state index contributed by atoms with van der Waals surface area (Å²) in [5, 5.41) is 3.01. The number of nitrogens with zero attached hydrogens (tertiary/aromatic N) is 1. The maximum absolute atomic E-state index is 13.2. The second-order valence-electron chi connectivity index (χ2n) is 8.03. The molecule has 6 nitrogen and oxygen atoms in total. The summed E-state index contributed by atoms with van der Waals surface area (Å²) in [5.41, 5.74) is 0.594. The smallest absolute Gasteiger partial charge is 0.238 e. The number of amides is 3. The van der Waals surface area contributed by atoms with Crippen molar-refractivity contribution in [2.75, 3.05) is 24.7 Å². The van der Waals surface area contributed by atoms with Crippen molar-refractivity contribution in [2.45, 2.75) is 26.2 Å². The van der Waals surface area contributed by atoms with E-state index in [0.29, 0.717) is 31.2 Å². The Morgan fingerprint density at radius 2 is 1.85 bits per heavy atom. The van der Waals surface area contributed by atoms with Gasteiger partial charge >= 0.3 is 0 Å². The lowest BCUT2D eigenvalue weighted by molar-refractivity contribution is -0.136. The largest absolute Gasteiger partial charge is 0.381 e. The molecule has 5 atom stereocenters. The summed E-state index contributed by atoms with van der Waals surface area (Å²) < 4.78 is 5.36. The molecule has 0 radical (unpaired) electrons. The molecule has 144 valence electrons. The molecule has 2 saturated heterocycles. The lowest BCUT2D eigenvalue weighted by Crippen LogP contribution is -2.45. The summed E-state index contributed by atoms with van der Waals surface area (Å²) in [6.45, 7) is 4.01. The van der Waals surface area contributed by atoms with Crippen LogP contribution in [0.5, 0.6) is 0 Å². The molecular weight excluding hydrogens is 344 g/mol. The van der Waals surface area contributed by atoms with Gasteiger partial charge in [-0.15, -0.1) is 0 Å². The Morgan fingerprint density at radius 3 is 2.56 bits per heavy atom. The van der Waals surface area contributed by atoms with Crippen molar-refractivity contribution in [3.8, 4) is 0 Å². The van der Waals surface area contributed by atoms with Crippen molar-refractivity contribution < 1.29 is 19.1 Å². The van der Waals surface area contributed by atoms with Gasteiger partial charge in [-0.2, -0.15) is 0 Å². The number of nitrogens with one attached hydrogen (secondary N) is 1. The number of imide groups is 1. The van der Waals surface area contributed by atoms with Gasteiger partial charge in [-0.3, -0.25) is 19.3 Å². The number of hydrogen-bond donors (Lipinski definition) is 1. The monoisotopic (exact) mass is 370 g/mol. The van der Waals surface area contributed by atoms with Crippen molar-refractivity contribution in [3.63, 3.8) is 0 Å². The van der Waals surface area contributed by atoms with E-state index in [2.05, 4.69) is 5.32 Å². The van der Waals surface area contributed by atoms with Gasteiger partial charge in [0.25, 0.3) is 0 Å². The first-order valence-electron chi connectivity index (χ1n) is 9.86. The summed E-state index contributed by atoms with van der Waals surface area (Å²) in [4.78, 5) is 40.4. The van der Waals surface area contributed by atoms with Crippen LogP contribution in [0.3, 0.4) is 0 Å². The maximum atomic E-state index is 13.2. The fraction of sp³-hybridized carbons (Fsp3) is 0.571. The first kappa shape index (κ1) is 18.2. The summed E-state index contributed by atoms with van der Waals surface area (Å²) in [6.07, 6.45) is 2.39. The Kier molecular flexibility index (Phi) is 5.00. The molecule has 1 saturated carbocycles. The zero-order chi connectivity index (χ0) is 19.0. The number of carbonyl (C=O) groups excluding carboxylic acids is 3. The van der Waals surface area contributed by atoms with Gasteiger partial charge in [0.1, 0.15) is 0 Å². The SMILES string of the molecule is C[C@@H]1CC[C@H](C(=O)NC[C@@H]2CCOC2)[C@@H]2C(=O)N(c3ccccc3)C(=O)[C@@H]21. The maximum Gasteiger partial charge on any atom is 0.238 e. The number of rotatable bonds is 4. The highest BCUT2D eigenvalue weighted by molar-refractivity contribution is 6.23. The summed E-state index contributed by atoms with van der Waals surface area (Å²) in [6, 6.07) is 9.03. The summed E-state index contributed by atoms with van der Waals surface area (Å²) in [5.74, 6) is -1.43. The predicted octanol–water partition coefficient (Wildman–Crippen LogP) is 1.99. The normalized spacial score (nSPS) is 33.2. The summed E-state index contributed by atoms with van der Waals surface area (Å²) in [7, 11) is 0. The van der Waals surface area contributed by atoms with E-state index >= 15 is 0 Å². The average Bonchev–Trinajstić information content (AvgIpc) is 3.28. The molecule has 3 fully saturated rings. The molecule has 6 heteroatoms. The van der Waals surface area contributed by atoms with Crippen LogP contribution in [-0.4, -0.2) is 37.5 Å². The molecule has 27 heavy (non-hydrogen) atoms. The Balaban J connectivity index is 1.54. The van der Waals surface area contributed by atoms with Crippen LogP contribution in [0.1, 0.15) is 26.2 Å². The van der Waals surface area contributed by atoms with Gasteiger partial charge in [0.15, 0.2) is 0 Å². The van der Waals surface area contributed by atoms with Crippen LogP contribution in [0.2, 0.25) is 0 Å². The number of benzene rings is 1. The highest BCUT2D eigenvalue weighted by Crippen LogP contribution is 2.46. The molecular formula is C21H26N2O4. The second kappa shape index (κ2) is 7.43. The molecule has 0 aromatic heterocycles. The third-order valence-corrected chi connectivity index (χ3v) is 6.32. The number of fused-ring (bicyclic) bond motifs is 1. The van der Waals surface area contributed by atoms with Gasteiger partial charge in [0, 0.05) is 19.1 Å². The van der Waals surface area contributed by atoms with Gasteiger partial charge < -0.3 is 10.1 Å². The third-order valence-electron chi connectivity index (χ3n) is 6.32. The highest BCUT2D eigenvalue weighted by Gasteiger charge is 2.56. The quantitative estimate of drug-likeness (QED) is 0.823. The Hall–Kier alpha value is -2.21. The molecule has 0 spiro atoms. The van der Waals surface area contributed by atoms with Crippen molar-refractivity contribution in [1.82, 2.24) is 5.32 Å². The van der Waals surface area contributed by atoms with Gasteiger partial charge in [0.2, 0.25) is 17.7 Å². The van der Waals surface area contributed by atoms with Crippen LogP contribution < -0.4 is 10.2 Å². The minimum Gasteiger partial charge on any atom is -0.381 e. The van der Waals surface area contributed by atoms with Crippen molar-refractivity contribution in [2.24, 2.45) is 29.6 Å². The fourth-order valence-electron chi connectivity index (χ4n) is 4.78. The standard InChI is InChI=1S/C21H26N2O4/c1-13-7-8-16(19(24)22-11-14-9-10-27-12-14)18-17(13)20(25)23(21(18)26)15-5-3-2-4-6-15/h2-6,13-14,16-18H,7-12H2,1H3,(H,22,24)/t13-,14+,16+,17-,18+/m1/s1. The van der Waals surface area contributed by atoms with Crippen LogP contribution in [0.25, 0.3) is 0 Å². The number of anilines is 1. The minimum absolute atomic E-state index is 0.0974.